The van der Waals surface area contributed by atoms with Gasteiger partial charge < -0.3 is 18.9 Å². The van der Waals surface area contributed by atoms with Gasteiger partial charge >= 0.3 is 19.8 Å². The Labute approximate surface area is 331 Å². The Kier molecular flexibility index (Phi) is 35.6. The summed E-state index contributed by atoms with van der Waals surface area (Å²) in [6.07, 6.45) is 40.5. The van der Waals surface area contributed by atoms with E-state index in [1.807, 2.05) is 21.1 Å². The standard InChI is InChI=1S/C44H82NO8P/c1-6-8-10-12-14-16-18-20-21-22-23-25-27-29-31-33-35-37-44(47)53-42(41-52-54(48,49)51-39-38-45(3,4)5)40-50-43(46)36-34-32-30-28-26-24-19-17-15-13-11-9-7-2/h20-21,23,25,29,31,42H,6-19,22,24,26-28,30,32-41H2,1-5H3/p+1/b21-20+,25-23+,31-29+. The zero-order valence-corrected chi connectivity index (χ0v) is 36.3. The summed E-state index contributed by atoms with van der Waals surface area (Å²) < 4.78 is 34.2. The van der Waals surface area contributed by atoms with Crippen molar-refractivity contribution in [3.63, 3.8) is 0 Å². The van der Waals surface area contributed by atoms with Crippen LogP contribution in [0, 0.1) is 0 Å². The smallest absolute Gasteiger partial charge is 0.462 e. The molecular formula is C44H83NO8P+. The van der Waals surface area contributed by atoms with Crippen molar-refractivity contribution in [3.8, 4) is 0 Å². The van der Waals surface area contributed by atoms with E-state index in [1.165, 1.54) is 103 Å². The number of carbonyl (C=O) groups excluding carboxylic acids is 2. The SMILES string of the molecule is CCCCCCCC/C=C/C/C=C/C/C=C/CCCC(=O)OC(COC(=O)CCCCCCCCCCCCCCC)COP(=O)(O)OCC[N+](C)(C)C. The topological polar surface area (TPSA) is 108 Å². The number of phosphoric acid groups is 1. The van der Waals surface area contributed by atoms with E-state index in [0.717, 1.165) is 44.9 Å². The summed E-state index contributed by atoms with van der Waals surface area (Å²) in [5.74, 6) is -0.857. The first kappa shape index (κ1) is 52.2. The lowest BCUT2D eigenvalue weighted by atomic mass is 10.0. The van der Waals surface area contributed by atoms with Gasteiger partial charge in [-0.05, 0) is 44.9 Å². The minimum Gasteiger partial charge on any atom is -0.462 e. The van der Waals surface area contributed by atoms with Crippen molar-refractivity contribution in [2.75, 3.05) is 47.5 Å². The van der Waals surface area contributed by atoms with E-state index in [9.17, 15) is 19.0 Å². The number of hydrogen-bond donors (Lipinski definition) is 1. The summed E-state index contributed by atoms with van der Waals surface area (Å²) in [5, 5.41) is 0. The fraction of sp³-hybridized carbons (Fsp3) is 0.818. The Morgan fingerprint density at radius 2 is 1.02 bits per heavy atom. The highest BCUT2D eigenvalue weighted by Crippen LogP contribution is 2.43. The number of rotatable bonds is 39. The van der Waals surface area contributed by atoms with Gasteiger partial charge in [0.05, 0.1) is 27.7 Å². The number of allylic oxidation sites excluding steroid dienone is 6. The molecule has 0 aliphatic rings. The Morgan fingerprint density at radius 3 is 1.54 bits per heavy atom. The molecule has 1 N–H and O–H groups in total. The summed E-state index contributed by atoms with van der Waals surface area (Å²) >= 11 is 0. The number of esters is 2. The first-order valence-corrected chi connectivity index (χ1v) is 23.2. The minimum absolute atomic E-state index is 0.0233. The van der Waals surface area contributed by atoms with E-state index in [0.29, 0.717) is 17.4 Å². The van der Waals surface area contributed by atoms with Crippen LogP contribution in [0.25, 0.3) is 0 Å². The van der Waals surface area contributed by atoms with E-state index in [1.54, 1.807) is 0 Å². The molecule has 0 bridgehead atoms. The highest BCUT2D eigenvalue weighted by Gasteiger charge is 2.27. The van der Waals surface area contributed by atoms with Gasteiger partial charge in [-0.2, -0.15) is 0 Å². The average molecular weight is 785 g/mol. The maximum atomic E-state index is 12.6. The summed E-state index contributed by atoms with van der Waals surface area (Å²) in [7, 11) is 1.45. The molecule has 0 aliphatic heterocycles. The summed E-state index contributed by atoms with van der Waals surface area (Å²) in [4.78, 5) is 35.3. The van der Waals surface area contributed by atoms with Gasteiger partial charge in [0, 0.05) is 12.8 Å². The van der Waals surface area contributed by atoms with Crippen molar-refractivity contribution in [2.45, 2.75) is 187 Å². The molecule has 316 valence electrons. The number of ether oxygens (including phenoxy) is 2. The zero-order chi connectivity index (χ0) is 40.0. The second kappa shape index (κ2) is 36.8. The van der Waals surface area contributed by atoms with Crippen LogP contribution >= 0.6 is 7.82 Å². The molecule has 0 aliphatic carbocycles. The van der Waals surface area contributed by atoms with Gasteiger partial charge in [0.25, 0.3) is 0 Å². The summed E-state index contributed by atoms with van der Waals surface area (Å²) in [5.41, 5.74) is 0. The third kappa shape index (κ3) is 39.9. The van der Waals surface area contributed by atoms with E-state index in [4.69, 9.17) is 18.5 Å². The highest BCUT2D eigenvalue weighted by atomic mass is 31.2. The van der Waals surface area contributed by atoms with Crippen LogP contribution < -0.4 is 0 Å². The molecule has 0 radical (unpaired) electrons. The molecule has 2 unspecified atom stereocenters. The summed E-state index contributed by atoms with van der Waals surface area (Å²) in [6, 6.07) is 0. The van der Waals surface area contributed by atoms with Gasteiger partial charge in [-0.3, -0.25) is 18.6 Å². The van der Waals surface area contributed by atoms with Crippen LogP contribution in [0.1, 0.15) is 181 Å². The highest BCUT2D eigenvalue weighted by molar-refractivity contribution is 7.47. The van der Waals surface area contributed by atoms with Gasteiger partial charge in [-0.1, -0.05) is 159 Å². The molecule has 0 aromatic rings. The number of likely N-dealkylation sites (N-methyl/N-ethyl adjacent to an activating group) is 1. The lowest BCUT2D eigenvalue weighted by Gasteiger charge is -2.24. The van der Waals surface area contributed by atoms with Crippen molar-refractivity contribution in [1.82, 2.24) is 0 Å². The predicted molar refractivity (Wildman–Crippen MR) is 224 cm³/mol. The normalized spacial score (nSPS) is 14.0. The second-order valence-corrected chi connectivity index (χ2v) is 17.2. The van der Waals surface area contributed by atoms with Crippen LogP contribution in [0.4, 0.5) is 0 Å². The molecule has 9 nitrogen and oxygen atoms in total. The molecule has 10 heteroatoms. The third-order valence-corrected chi connectivity index (χ3v) is 10.2. The first-order chi connectivity index (χ1) is 26.0. The van der Waals surface area contributed by atoms with Gasteiger partial charge in [0.15, 0.2) is 6.10 Å². The number of phosphoric ester groups is 1. The van der Waals surface area contributed by atoms with Crippen molar-refractivity contribution >= 4 is 19.8 Å². The van der Waals surface area contributed by atoms with Crippen LogP contribution in [0.5, 0.6) is 0 Å². The van der Waals surface area contributed by atoms with E-state index < -0.39 is 26.5 Å². The van der Waals surface area contributed by atoms with Crippen molar-refractivity contribution in [2.24, 2.45) is 0 Å². The minimum atomic E-state index is -4.38. The van der Waals surface area contributed by atoms with E-state index >= 15 is 0 Å². The molecule has 0 fully saturated rings. The molecule has 0 saturated carbocycles. The number of hydrogen-bond acceptors (Lipinski definition) is 7. The molecule has 0 aromatic heterocycles. The maximum absolute atomic E-state index is 12.6. The molecule has 54 heavy (non-hydrogen) atoms. The molecule has 0 amide bonds. The Morgan fingerprint density at radius 1 is 0.574 bits per heavy atom. The molecule has 0 spiro atoms. The van der Waals surface area contributed by atoms with Gasteiger partial charge in [-0.25, -0.2) is 4.57 Å². The van der Waals surface area contributed by atoms with Gasteiger partial charge in [0.1, 0.15) is 19.8 Å². The zero-order valence-electron chi connectivity index (χ0n) is 35.5. The number of quaternary nitrogens is 1. The Balaban J connectivity index is 4.46. The van der Waals surface area contributed by atoms with Gasteiger partial charge in [-0.15, -0.1) is 0 Å². The Bertz CT molecular complexity index is 1020. The van der Waals surface area contributed by atoms with Crippen LogP contribution in [0.2, 0.25) is 0 Å². The van der Waals surface area contributed by atoms with E-state index in [2.05, 4.69) is 50.3 Å². The molecule has 2 atom stereocenters. The quantitative estimate of drug-likeness (QED) is 0.0216. The molecule has 0 rings (SSSR count). The lowest BCUT2D eigenvalue weighted by Crippen LogP contribution is -2.37. The largest absolute Gasteiger partial charge is 0.472 e. The van der Waals surface area contributed by atoms with Crippen LogP contribution in [0.3, 0.4) is 0 Å². The monoisotopic (exact) mass is 785 g/mol. The molecule has 0 saturated heterocycles. The fourth-order valence-corrected chi connectivity index (χ4v) is 6.48. The lowest BCUT2D eigenvalue weighted by molar-refractivity contribution is -0.870. The van der Waals surface area contributed by atoms with Crippen molar-refractivity contribution < 1.29 is 42.1 Å². The molecular weight excluding hydrogens is 701 g/mol. The predicted octanol–water partition coefficient (Wildman–Crippen LogP) is 12.1. The van der Waals surface area contributed by atoms with Crippen LogP contribution in [0.15, 0.2) is 36.5 Å². The average Bonchev–Trinajstić information content (AvgIpc) is 3.12. The molecule has 0 aromatic carbocycles. The van der Waals surface area contributed by atoms with Crippen molar-refractivity contribution in [1.29, 1.82) is 0 Å². The second-order valence-electron chi connectivity index (χ2n) is 15.7. The summed E-state index contributed by atoms with van der Waals surface area (Å²) in [6.45, 7) is 4.36. The number of carbonyl (C=O) groups is 2. The van der Waals surface area contributed by atoms with Gasteiger partial charge in [0.2, 0.25) is 0 Å². The number of unbranched alkanes of at least 4 members (excludes halogenated alkanes) is 19. The van der Waals surface area contributed by atoms with Crippen LogP contribution in [-0.2, 0) is 32.7 Å². The molecule has 0 heterocycles. The van der Waals surface area contributed by atoms with Crippen LogP contribution in [-0.4, -0.2) is 74.9 Å². The van der Waals surface area contributed by atoms with E-state index in [-0.39, 0.29) is 32.0 Å². The fourth-order valence-electron chi connectivity index (χ4n) is 5.74. The Hall–Kier alpha value is -1.77. The van der Waals surface area contributed by atoms with Crippen molar-refractivity contribution in [3.05, 3.63) is 36.5 Å². The maximum Gasteiger partial charge on any atom is 0.472 e. The number of nitrogens with zero attached hydrogens (tertiary/aromatic N) is 1. The third-order valence-electron chi connectivity index (χ3n) is 9.17. The first-order valence-electron chi connectivity index (χ1n) is 21.7.